The summed E-state index contributed by atoms with van der Waals surface area (Å²) >= 11 is 0. The second-order valence-electron chi connectivity index (χ2n) is 4.53. The predicted octanol–water partition coefficient (Wildman–Crippen LogP) is 2.27. The van der Waals surface area contributed by atoms with E-state index in [-0.39, 0.29) is 5.75 Å². The van der Waals surface area contributed by atoms with E-state index in [1.54, 1.807) is 12.1 Å². The number of nitrogens with two attached hydrogens (primary N) is 1. The number of hydrogen-bond acceptors (Lipinski definition) is 3. The fraction of sp³-hybridized carbons (Fsp3) is 0.214. The third kappa shape index (κ3) is 2.01. The van der Waals surface area contributed by atoms with Crippen LogP contribution < -0.4 is 5.73 Å². The van der Waals surface area contributed by atoms with Gasteiger partial charge in [0.1, 0.15) is 5.75 Å². The standard InChI is InChI=1S/C14H14N2O/c15-13-7-12(13)10-3-6-14(16-8-10)9-1-4-11(17)5-2-9/h1-6,8,12-13,17H,7,15H2/t12-,13?/m1/s1. The minimum Gasteiger partial charge on any atom is -0.508 e. The van der Waals surface area contributed by atoms with Gasteiger partial charge in [-0.05, 0) is 42.3 Å². The van der Waals surface area contributed by atoms with Crippen molar-refractivity contribution in [3.63, 3.8) is 0 Å². The molecule has 3 nitrogen and oxygen atoms in total. The minimum atomic E-state index is 0.273. The van der Waals surface area contributed by atoms with Gasteiger partial charge in [-0.15, -0.1) is 0 Å². The van der Waals surface area contributed by atoms with E-state index in [0.717, 1.165) is 17.7 Å². The molecule has 86 valence electrons. The van der Waals surface area contributed by atoms with Gasteiger partial charge in [0.2, 0.25) is 0 Å². The van der Waals surface area contributed by atoms with Gasteiger partial charge in [-0.1, -0.05) is 6.07 Å². The molecule has 0 radical (unpaired) electrons. The minimum absolute atomic E-state index is 0.273. The highest BCUT2D eigenvalue weighted by molar-refractivity contribution is 5.60. The van der Waals surface area contributed by atoms with Crippen molar-refractivity contribution >= 4 is 0 Å². The molecule has 0 spiro atoms. The van der Waals surface area contributed by atoms with Crippen molar-refractivity contribution in [3.05, 3.63) is 48.2 Å². The van der Waals surface area contributed by atoms with Crippen molar-refractivity contribution in [2.24, 2.45) is 5.73 Å². The highest BCUT2D eigenvalue weighted by Crippen LogP contribution is 2.38. The molecule has 1 unspecified atom stereocenters. The molecule has 3 rings (SSSR count). The lowest BCUT2D eigenvalue weighted by Crippen LogP contribution is -2.01. The normalized spacial score (nSPS) is 22.4. The van der Waals surface area contributed by atoms with E-state index in [4.69, 9.17) is 5.73 Å². The van der Waals surface area contributed by atoms with Crippen LogP contribution in [-0.4, -0.2) is 16.1 Å². The topological polar surface area (TPSA) is 59.1 Å². The molecule has 2 atom stereocenters. The van der Waals surface area contributed by atoms with Crippen molar-refractivity contribution in [2.45, 2.75) is 18.4 Å². The number of phenols is 1. The molecule has 1 aromatic heterocycles. The van der Waals surface area contributed by atoms with Crippen molar-refractivity contribution in [3.8, 4) is 17.0 Å². The fourth-order valence-electron chi connectivity index (χ4n) is 2.03. The molecule has 1 heterocycles. The summed E-state index contributed by atoms with van der Waals surface area (Å²) in [6.45, 7) is 0. The van der Waals surface area contributed by atoms with Crippen molar-refractivity contribution in [1.82, 2.24) is 4.98 Å². The summed E-state index contributed by atoms with van der Waals surface area (Å²) in [7, 11) is 0. The quantitative estimate of drug-likeness (QED) is 0.825. The predicted molar refractivity (Wildman–Crippen MR) is 66.7 cm³/mol. The van der Waals surface area contributed by atoms with Crippen molar-refractivity contribution in [2.75, 3.05) is 0 Å². The maximum atomic E-state index is 9.22. The third-order valence-electron chi connectivity index (χ3n) is 3.22. The van der Waals surface area contributed by atoms with E-state index in [2.05, 4.69) is 11.1 Å². The first-order valence-electron chi connectivity index (χ1n) is 5.75. The monoisotopic (exact) mass is 226 g/mol. The Morgan fingerprint density at radius 2 is 1.82 bits per heavy atom. The van der Waals surface area contributed by atoms with Crippen LogP contribution in [0.15, 0.2) is 42.6 Å². The van der Waals surface area contributed by atoms with Crippen LogP contribution in [0, 0.1) is 0 Å². The first-order valence-corrected chi connectivity index (χ1v) is 5.75. The molecule has 3 N–H and O–H groups in total. The Morgan fingerprint density at radius 3 is 2.35 bits per heavy atom. The molecule has 1 aromatic carbocycles. The van der Waals surface area contributed by atoms with Crippen LogP contribution in [0.2, 0.25) is 0 Å². The fourth-order valence-corrected chi connectivity index (χ4v) is 2.03. The number of pyridine rings is 1. The number of nitrogens with zero attached hydrogens (tertiary/aromatic N) is 1. The number of hydrogen-bond donors (Lipinski definition) is 2. The van der Waals surface area contributed by atoms with Gasteiger partial charge in [-0.25, -0.2) is 0 Å². The summed E-state index contributed by atoms with van der Waals surface area (Å²) in [6, 6.07) is 11.5. The lowest BCUT2D eigenvalue weighted by Gasteiger charge is -2.03. The summed E-state index contributed by atoms with van der Waals surface area (Å²) in [6.07, 6.45) is 2.97. The first-order chi connectivity index (χ1) is 8.24. The van der Waals surface area contributed by atoms with E-state index in [1.807, 2.05) is 24.4 Å². The van der Waals surface area contributed by atoms with Crippen LogP contribution in [0.5, 0.6) is 5.75 Å². The molecule has 1 fully saturated rings. The molecule has 2 aromatic rings. The molecule has 1 aliphatic rings. The van der Waals surface area contributed by atoms with Crippen LogP contribution in [0.3, 0.4) is 0 Å². The molecule has 0 saturated heterocycles. The zero-order valence-corrected chi connectivity index (χ0v) is 9.38. The average Bonchev–Trinajstić information content (AvgIpc) is 3.08. The second kappa shape index (κ2) is 3.86. The number of benzene rings is 1. The first kappa shape index (κ1) is 10.3. The maximum absolute atomic E-state index is 9.22. The van der Waals surface area contributed by atoms with Gasteiger partial charge in [-0.3, -0.25) is 4.98 Å². The molecular formula is C14H14N2O. The Morgan fingerprint density at radius 1 is 1.12 bits per heavy atom. The summed E-state index contributed by atoms with van der Waals surface area (Å²) in [5.74, 6) is 0.769. The van der Waals surface area contributed by atoms with Gasteiger partial charge in [-0.2, -0.15) is 0 Å². The van der Waals surface area contributed by atoms with Crippen LogP contribution in [0.1, 0.15) is 17.9 Å². The molecule has 0 amide bonds. The van der Waals surface area contributed by atoms with Crippen molar-refractivity contribution in [1.29, 1.82) is 0 Å². The number of rotatable bonds is 2. The highest BCUT2D eigenvalue weighted by Gasteiger charge is 2.34. The lowest BCUT2D eigenvalue weighted by molar-refractivity contribution is 0.475. The maximum Gasteiger partial charge on any atom is 0.115 e. The van der Waals surface area contributed by atoms with Gasteiger partial charge >= 0.3 is 0 Å². The number of aromatic nitrogens is 1. The summed E-state index contributed by atoms with van der Waals surface area (Å²) in [5.41, 5.74) is 8.96. The second-order valence-corrected chi connectivity index (χ2v) is 4.53. The van der Waals surface area contributed by atoms with Crippen LogP contribution in [0.25, 0.3) is 11.3 Å². The Labute approximate surface area is 99.9 Å². The van der Waals surface area contributed by atoms with E-state index < -0.39 is 0 Å². The average molecular weight is 226 g/mol. The largest absolute Gasteiger partial charge is 0.508 e. The summed E-state index contributed by atoms with van der Waals surface area (Å²) < 4.78 is 0. The highest BCUT2D eigenvalue weighted by atomic mass is 16.3. The Kier molecular flexibility index (Phi) is 2.34. The molecular weight excluding hydrogens is 212 g/mol. The van der Waals surface area contributed by atoms with E-state index >= 15 is 0 Å². The van der Waals surface area contributed by atoms with Gasteiger partial charge in [0.15, 0.2) is 0 Å². The number of phenolic OH excluding ortho intramolecular Hbond substituents is 1. The smallest absolute Gasteiger partial charge is 0.115 e. The van der Waals surface area contributed by atoms with Crippen molar-refractivity contribution < 1.29 is 5.11 Å². The van der Waals surface area contributed by atoms with E-state index in [0.29, 0.717) is 12.0 Å². The molecule has 0 bridgehead atoms. The number of aromatic hydroxyl groups is 1. The SMILES string of the molecule is NC1C[C@@H]1c1ccc(-c2ccc(O)cc2)nc1. The molecule has 3 heteroatoms. The van der Waals surface area contributed by atoms with E-state index in [9.17, 15) is 5.11 Å². The molecule has 17 heavy (non-hydrogen) atoms. The summed E-state index contributed by atoms with van der Waals surface area (Å²) in [4.78, 5) is 4.44. The lowest BCUT2D eigenvalue weighted by atomic mass is 10.1. The Balaban J connectivity index is 1.86. The van der Waals surface area contributed by atoms with Gasteiger partial charge in [0.25, 0.3) is 0 Å². The van der Waals surface area contributed by atoms with Gasteiger partial charge in [0.05, 0.1) is 5.69 Å². The van der Waals surface area contributed by atoms with Crippen LogP contribution in [-0.2, 0) is 0 Å². The van der Waals surface area contributed by atoms with Crippen LogP contribution >= 0.6 is 0 Å². The van der Waals surface area contributed by atoms with Gasteiger partial charge < -0.3 is 10.8 Å². The van der Waals surface area contributed by atoms with Crippen LogP contribution in [0.4, 0.5) is 0 Å². The molecule has 1 saturated carbocycles. The Bertz CT molecular complexity index is 519. The zero-order chi connectivity index (χ0) is 11.8. The zero-order valence-electron chi connectivity index (χ0n) is 9.38. The Hall–Kier alpha value is -1.87. The molecule has 1 aliphatic carbocycles. The summed E-state index contributed by atoms with van der Waals surface area (Å²) in [5, 5.41) is 9.22. The van der Waals surface area contributed by atoms with Gasteiger partial charge in [0, 0.05) is 23.7 Å². The van der Waals surface area contributed by atoms with E-state index in [1.165, 1.54) is 5.56 Å². The molecule has 0 aliphatic heterocycles. The third-order valence-corrected chi connectivity index (χ3v) is 3.22.